The number of hydrogen-bond donors (Lipinski definition) is 0. The van der Waals surface area contributed by atoms with Crippen molar-refractivity contribution in [2.75, 3.05) is 6.61 Å². The summed E-state index contributed by atoms with van der Waals surface area (Å²) in [6, 6.07) is 4.10. The molecule has 4 heteroatoms. The molecule has 0 spiro atoms. The summed E-state index contributed by atoms with van der Waals surface area (Å²) in [5, 5.41) is 0.295. The molecule has 0 unspecified atom stereocenters. The zero-order valence-corrected chi connectivity index (χ0v) is 14.7. The van der Waals surface area contributed by atoms with E-state index in [9.17, 15) is 0 Å². The summed E-state index contributed by atoms with van der Waals surface area (Å²) in [5.41, 5.74) is 1.14. The van der Waals surface area contributed by atoms with Crippen molar-refractivity contribution in [2.24, 2.45) is 0 Å². The Morgan fingerprint density at radius 2 is 1.94 bits per heavy atom. The van der Waals surface area contributed by atoms with E-state index in [0.717, 1.165) is 29.6 Å². The Hall–Kier alpha value is -0.193. The van der Waals surface area contributed by atoms with Crippen LogP contribution in [0.2, 0.25) is 18.1 Å². The normalized spacial score (nSPS) is 12.8. The summed E-state index contributed by atoms with van der Waals surface area (Å²) in [5.74, 6) is 0. The largest absolute Gasteiger partial charge is 0.417 e. The number of hydrogen-bond acceptors (Lipinski definition) is 2. The molecule has 0 amide bonds. The minimum absolute atomic E-state index is 0.295. The first-order chi connectivity index (χ1) is 8.22. The second-order valence-corrected chi connectivity index (χ2v) is 11.9. The van der Waals surface area contributed by atoms with Gasteiger partial charge in [-0.25, -0.2) is 0 Å². The maximum Gasteiger partial charge on any atom is 0.191 e. The molecule has 1 heterocycles. The van der Waals surface area contributed by atoms with E-state index in [-0.39, 0.29) is 0 Å². The van der Waals surface area contributed by atoms with Crippen molar-refractivity contribution in [1.29, 1.82) is 0 Å². The predicted octanol–water partition coefficient (Wildman–Crippen LogP) is 4.80. The van der Waals surface area contributed by atoms with Crippen LogP contribution in [-0.2, 0) is 10.8 Å². The van der Waals surface area contributed by atoms with Gasteiger partial charge in [0, 0.05) is 23.0 Å². The number of halogens is 1. The van der Waals surface area contributed by atoms with Crippen molar-refractivity contribution in [1.82, 2.24) is 4.98 Å². The second kappa shape index (κ2) is 6.31. The first-order valence-electron chi connectivity index (χ1n) is 6.47. The third kappa shape index (κ3) is 4.82. The van der Waals surface area contributed by atoms with Gasteiger partial charge in [-0.3, -0.25) is 4.98 Å². The first-order valence-corrected chi connectivity index (χ1v) is 10.2. The van der Waals surface area contributed by atoms with Gasteiger partial charge in [0.05, 0.1) is 0 Å². The molecule has 0 atom stereocenters. The molecule has 0 bridgehead atoms. The van der Waals surface area contributed by atoms with Gasteiger partial charge in [0.1, 0.15) is 0 Å². The van der Waals surface area contributed by atoms with Gasteiger partial charge >= 0.3 is 0 Å². The molecule has 102 valence electrons. The molecule has 0 aromatic carbocycles. The van der Waals surface area contributed by atoms with Crippen molar-refractivity contribution in [3.05, 3.63) is 28.5 Å². The van der Waals surface area contributed by atoms with Crippen molar-refractivity contribution < 1.29 is 4.43 Å². The topological polar surface area (TPSA) is 22.1 Å². The molecule has 0 saturated heterocycles. The van der Waals surface area contributed by atoms with Crippen LogP contribution in [-0.4, -0.2) is 19.9 Å². The van der Waals surface area contributed by atoms with Gasteiger partial charge in [0.15, 0.2) is 8.32 Å². The summed E-state index contributed by atoms with van der Waals surface area (Å²) in [7, 11) is -1.58. The van der Waals surface area contributed by atoms with Crippen LogP contribution in [0.4, 0.5) is 0 Å². The van der Waals surface area contributed by atoms with E-state index in [1.807, 2.05) is 12.3 Å². The van der Waals surface area contributed by atoms with E-state index < -0.39 is 8.32 Å². The van der Waals surface area contributed by atoms with Gasteiger partial charge in [0.2, 0.25) is 0 Å². The number of pyridine rings is 1. The van der Waals surface area contributed by atoms with Gasteiger partial charge in [-0.15, -0.1) is 0 Å². The minimum atomic E-state index is -1.58. The molecule has 0 N–H and O–H groups in total. The van der Waals surface area contributed by atoms with Crippen molar-refractivity contribution in [3.63, 3.8) is 0 Å². The van der Waals surface area contributed by atoms with Gasteiger partial charge in [-0.1, -0.05) is 20.8 Å². The fraction of sp³-hybridized carbons (Fsp3) is 0.643. The molecule has 1 aromatic rings. The average Bonchev–Trinajstić information content (AvgIpc) is 2.25. The lowest BCUT2D eigenvalue weighted by molar-refractivity contribution is 0.282. The van der Waals surface area contributed by atoms with E-state index in [1.165, 1.54) is 0 Å². The zero-order valence-electron chi connectivity index (χ0n) is 12.1. The van der Waals surface area contributed by atoms with E-state index >= 15 is 0 Å². The molecule has 0 aliphatic heterocycles. The summed E-state index contributed by atoms with van der Waals surface area (Å²) >= 11 is 3.39. The van der Waals surface area contributed by atoms with E-state index in [2.05, 4.69) is 60.8 Å². The Morgan fingerprint density at radius 3 is 2.44 bits per heavy atom. The van der Waals surface area contributed by atoms with Crippen molar-refractivity contribution >= 4 is 24.2 Å². The quantitative estimate of drug-likeness (QED) is 0.571. The summed E-state index contributed by atoms with van der Waals surface area (Å²) in [6.07, 6.45) is 3.88. The molecule has 0 saturated carbocycles. The number of aromatic nitrogens is 1. The Balaban J connectivity index is 2.33. The lowest BCUT2D eigenvalue weighted by Crippen LogP contribution is -2.41. The molecule has 2 nitrogen and oxygen atoms in total. The molecular formula is C14H24BrNOSi. The highest BCUT2D eigenvalue weighted by molar-refractivity contribution is 9.10. The van der Waals surface area contributed by atoms with E-state index in [4.69, 9.17) is 4.43 Å². The van der Waals surface area contributed by atoms with Crippen LogP contribution in [0.5, 0.6) is 0 Å². The standard InChI is InChI=1S/C14H24BrNOSi/c1-14(2,3)18(4,5)17-10-6-7-13-9-8-12(15)11-16-13/h8-9,11H,6-7,10H2,1-5H3. The van der Waals surface area contributed by atoms with Crippen molar-refractivity contribution in [2.45, 2.75) is 51.7 Å². The first kappa shape index (κ1) is 15.9. The Kier molecular flexibility index (Phi) is 5.56. The summed E-state index contributed by atoms with van der Waals surface area (Å²) in [6.45, 7) is 12.3. The number of rotatable bonds is 5. The van der Waals surface area contributed by atoms with Crippen LogP contribution in [0.15, 0.2) is 22.8 Å². The SMILES string of the molecule is CC(C)(C)[Si](C)(C)OCCCc1ccc(Br)cn1. The van der Waals surface area contributed by atoms with Crippen LogP contribution in [0.1, 0.15) is 32.9 Å². The van der Waals surface area contributed by atoms with E-state index in [1.54, 1.807) is 0 Å². The summed E-state index contributed by atoms with van der Waals surface area (Å²) < 4.78 is 7.17. The molecule has 1 rings (SSSR count). The lowest BCUT2D eigenvalue weighted by Gasteiger charge is -2.36. The maximum absolute atomic E-state index is 6.14. The lowest BCUT2D eigenvalue weighted by atomic mass is 10.2. The minimum Gasteiger partial charge on any atom is -0.417 e. The number of nitrogens with zero attached hydrogens (tertiary/aromatic N) is 1. The van der Waals surface area contributed by atoms with Crippen molar-refractivity contribution in [3.8, 4) is 0 Å². The molecule has 1 aromatic heterocycles. The third-order valence-electron chi connectivity index (χ3n) is 3.63. The highest BCUT2D eigenvalue weighted by atomic mass is 79.9. The van der Waals surface area contributed by atoms with E-state index in [0.29, 0.717) is 5.04 Å². The zero-order chi connectivity index (χ0) is 13.8. The van der Waals surface area contributed by atoms with Gasteiger partial charge in [-0.05, 0) is 59.0 Å². The fourth-order valence-corrected chi connectivity index (χ4v) is 2.67. The molecule has 0 fully saturated rings. The molecule has 18 heavy (non-hydrogen) atoms. The molecule has 0 radical (unpaired) electrons. The maximum atomic E-state index is 6.14. The van der Waals surface area contributed by atoms with Crippen LogP contribution < -0.4 is 0 Å². The van der Waals surface area contributed by atoms with Gasteiger partial charge < -0.3 is 4.43 Å². The van der Waals surface area contributed by atoms with Crippen LogP contribution in [0.25, 0.3) is 0 Å². The molecule has 0 aliphatic rings. The molecule has 0 aliphatic carbocycles. The van der Waals surface area contributed by atoms with Gasteiger partial charge in [0.25, 0.3) is 0 Å². The number of aryl methyl sites for hydroxylation is 1. The smallest absolute Gasteiger partial charge is 0.191 e. The predicted molar refractivity (Wildman–Crippen MR) is 83.4 cm³/mol. The summed E-state index contributed by atoms with van der Waals surface area (Å²) in [4.78, 5) is 4.37. The van der Waals surface area contributed by atoms with Crippen LogP contribution in [0.3, 0.4) is 0 Å². The Morgan fingerprint density at radius 1 is 1.28 bits per heavy atom. The average molecular weight is 330 g/mol. The van der Waals surface area contributed by atoms with Crippen LogP contribution in [0, 0.1) is 0 Å². The fourth-order valence-electron chi connectivity index (χ4n) is 1.35. The Labute approximate surface area is 120 Å². The second-order valence-electron chi connectivity index (χ2n) is 6.18. The monoisotopic (exact) mass is 329 g/mol. The van der Waals surface area contributed by atoms with Gasteiger partial charge in [-0.2, -0.15) is 0 Å². The Bertz CT molecular complexity index is 370. The highest BCUT2D eigenvalue weighted by Crippen LogP contribution is 2.36. The molecular weight excluding hydrogens is 306 g/mol. The highest BCUT2D eigenvalue weighted by Gasteiger charge is 2.36. The van der Waals surface area contributed by atoms with Crippen LogP contribution >= 0.6 is 15.9 Å². The third-order valence-corrected chi connectivity index (χ3v) is 8.64.